The van der Waals surface area contributed by atoms with Gasteiger partial charge in [0.25, 0.3) is 11.8 Å². The van der Waals surface area contributed by atoms with Crippen molar-refractivity contribution >= 4 is 23.5 Å². The molecule has 1 unspecified atom stereocenters. The summed E-state index contributed by atoms with van der Waals surface area (Å²) in [6.07, 6.45) is 4.79. The Bertz CT molecular complexity index is 1580. The first-order valence-electron chi connectivity index (χ1n) is 12.5. The number of nitrogens with two attached hydrogens (primary N) is 1. The van der Waals surface area contributed by atoms with Gasteiger partial charge in [-0.15, -0.1) is 0 Å². The predicted octanol–water partition coefficient (Wildman–Crippen LogP) is 3.71. The molecule has 5 heterocycles. The summed E-state index contributed by atoms with van der Waals surface area (Å²) < 4.78 is 41.1. The number of ether oxygens (including phenoxy) is 1. The van der Waals surface area contributed by atoms with Gasteiger partial charge in [0.1, 0.15) is 23.2 Å². The number of aromatic nitrogens is 5. The number of aryl methyl sites for hydroxylation is 1. The molecule has 40 heavy (non-hydrogen) atoms. The van der Waals surface area contributed by atoms with Crippen molar-refractivity contribution in [2.75, 3.05) is 18.8 Å². The van der Waals surface area contributed by atoms with Crippen molar-refractivity contribution < 1.29 is 27.5 Å². The lowest BCUT2D eigenvalue weighted by molar-refractivity contribution is -0.00240. The number of alkyl halides is 2. The van der Waals surface area contributed by atoms with Crippen LogP contribution in [0, 0.1) is 6.92 Å². The maximum Gasteiger partial charge on any atom is 0.410 e. The number of nitrogens with zero attached hydrogens (tertiary/aromatic N) is 6. The monoisotopic (exact) mass is 554 g/mol. The van der Waals surface area contributed by atoms with Crippen LogP contribution in [0.25, 0.3) is 28.5 Å². The molecule has 12 nitrogen and oxygen atoms in total. The van der Waals surface area contributed by atoms with Crippen LogP contribution in [-0.4, -0.2) is 71.9 Å². The zero-order chi connectivity index (χ0) is 28.8. The van der Waals surface area contributed by atoms with Crippen molar-refractivity contribution in [2.24, 2.45) is 0 Å². The molecule has 0 radical (unpaired) electrons. The number of halogens is 2. The van der Waals surface area contributed by atoms with Crippen molar-refractivity contribution in [1.82, 2.24) is 34.6 Å². The first-order valence-corrected chi connectivity index (χ1v) is 12.5. The number of carbonyl (C=O) groups excluding carboxylic acids is 2. The number of likely N-dealkylation sites (tertiary alicyclic amines) is 1. The van der Waals surface area contributed by atoms with Crippen LogP contribution in [0.15, 0.2) is 41.4 Å². The molecule has 0 aliphatic carbocycles. The first kappa shape index (κ1) is 27.0. The highest BCUT2D eigenvalue weighted by molar-refractivity contribution is 5.97. The Morgan fingerprint density at radius 2 is 2.00 bits per heavy atom. The number of oxazole rings is 1. The fourth-order valence-electron chi connectivity index (χ4n) is 4.46. The van der Waals surface area contributed by atoms with Crippen LogP contribution in [0.2, 0.25) is 0 Å². The molecule has 4 aromatic rings. The Labute approximate surface area is 227 Å². The van der Waals surface area contributed by atoms with Gasteiger partial charge in [0.05, 0.1) is 18.8 Å². The fraction of sp³-hybridized carbons (Fsp3) is 0.385. The lowest BCUT2D eigenvalue weighted by Gasteiger charge is -2.28. The molecule has 5 rings (SSSR count). The van der Waals surface area contributed by atoms with Crippen molar-refractivity contribution in [3.63, 3.8) is 0 Å². The number of fused-ring (bicyclic) bond motifs is 1. The molecule has 210 valence electrons. The minimum Gasteiger partial charge on any atom is -0.444 e. The molecule has 1 aliphatic heterocycles. The number of nitrogen functional groups attached to an aromatic ring is 1. The number of rotatable bonds is 5. The van der Waals surface area contributed by atoms with Gasteiger partial charge in [-0.1, -0.05) is 0 Å². The second-order valence-corrected chi connectivity index (χ2v) is 10.6. The predicted molar refractivity (Wildman–Crippen MR) is 139 cm³/mol. The van der Waals surface area contributed by atoms with E-state index in [9.17, 15) is 18.4 Å². The van der Waals surface area contributed by atoms with E-state index in [1.54, 1.807) is 45.3 Å². The van der Waals surface area contributed by atoms with E-state index in [1.807, 2.05) is 11.3 Å². The summed E-state index contributed by atoms with van der Waals surface area (Å²) in [6.45, 7) is 5.73. The average Bonchev–Trinajstić information content (AvgIpc) is 3.60. The average molecular weight is 555 g/mol. The summed E-state index contributed by atoms with van der Waals surface area (Å²) in [6, 6.07) is 2.54. The van der Waals surface area contributed by atoms with E-state index < -0.39 is 42.5 Å². The Morgan fingerprint density at radius 3 is 2.70 bits per heavy atom. The minimum absolute atomic E-state index is 0.143. The van der Waals surface area contributed by atoms with Crippen LogP contribution in [0.5, 0.6) is 0 Å². The van der Waals surface area contributed by atoms with E-state index in [0.717, 1.165) is 10.6 Å². The summed E-state index contributed by atoms with van der Waals surface area (Å²) in [5.41, 5.74) is 7.67. The Hall–Kier alpha value is -4.62. The number of pyridine rings is 1. The van der Waals surface area contributed by atoms with E-state index >= 15 is 0 Å². The van der Waals surface area contributed by atoms with Crippen LogP contribution in [0.3, 0.4) is 0 Å². The van der Waals surface area contributed by atoms with E-state index in [4.69, 9.17) is 14.9 Å². The van der Waals surface area contributed by atoms with Crippen molar-refractivity contribution in [3.05, 3.63) is 48.4 Å². The molecule has 2 amide bonds. The van der Waals surface area contributed by atoms with Crippen LogP contribution < -0.4 is 11.1 Å². The van der Waals surface area contributed by atoms with Gasteiger partial charge in [0, 0.05) is 36.6 Å². The second-order valence-electron chi connectivity index (χ2n) is 10.6. The smallest absolute Gasteiger partial charge is 0.410 e. The van der Waals surface area contributed by atoms with Gasteiger partial charge in [-0.25, -0.2) is 33.5 Å². The molecular formula is C26H28F2N8O4. The molecular weight excluding hydrogens is 526 g/mol. The SMILES string of the molecule is Cc1cnc2ccc(-c3nc(C(=O)NCC4CC(F)(F)CN4C(=O)OC(C)(C)C)c(N)nc3-c3ncco3)cn12. The molecule has 0 aromatic carbocycles. The first-order chi connectivity index (χ1) is 18.8. The van der Waals surface area contributed by atoms with Gasteiger partial charge in [0.15, 0.2) is 17.2 Å². The molecule has 0 spiro atoms. The molecule has 0 bridgehead atoms. The lowest BCUT2D eigenvalue weighted by atomic mass is 10.1. The van der Waals surface area contributed by atoms with Gasteiger partial charge in [-0.2, -0.15) is 0 Å². The molecule has 1 fully saturated rings. The van der Waals surface area contributed by atoms with Gasteiger partial charge in [-0.3, -0.25) is 9.69 Å². The molecule has 1 atom stereocenters. The summed E-state index contributed by atoms with van der Waals surface area (Å²) in [7, 11) is 0. The summed E-state index contributed by atoms with van der Waals surface area (Å²) >= 11 is 0. The van der Waals surface area contributed by atoms with Crippen molar-refractivity contribution in [1.29, 1.82) is 0 Å². The Kier molecular flexibility index (Phi) is 6.64. The third kappa shape index (κ3) is 5.42. The van der Waals surface area contributed by atoms with Crippen LogP contribution in [0.4, 0.5) is 19.4 Å². The summed E-state index contributed by atoms with van der Waals surface area (Å²) in [5.74, 6) is -3.94. The normalized spacial score (nSPS) is 16.9. The van der Waals surface area contributed by atoms with Crippen molar-refractivity contribution in [3.8, 4) is 22.8 Å². The largest absolute Gasteiger partial charge is 0.444 e. The number of amides is 2. The van der Waals surface area contributed by atoms with Crippen LogP contribution in [0.1, 0.15) is 43.4 Å². The molecule has 4 aromatic heterocycles. The Morgan fingerprint density at radius 1 is 1.23 bits per heavy atom. The lowest BCUT2D eigenvalue weighted by Crippen LogP contribution is -2.45. The number of anilines is 1. The zero-order valence-corrected chi connectivity index (χ0v) is 22.3. The molecule has 14 heteroatoms. The minimum atomic E-state index is -3.12. The van der Waals surface area contributed by atoms with E-state index in [2.05, 4.69) is 25.3 Å². The molecule has 0 saturated carbocycles. The van der Waals surface area contributed by atoms with Gasteiger partial charge >= 0.3 is 6.09 Å². The second kappa shape index (κ2) is 9.84. The van der Waals surface area contributed by atoms with Gasteiger partial charge in [0.2, 0.25) is 5.89 Å². The molecule has 1 aliphatic rings. The number of imidazole rings is 1. The maximum absolute atomic E-state index is 14.3. The topological polar surface area (TPSA) is 154 Å². The van der Waals surface area contributed by atoms with Gasteiger partial charge in [-0.05, 0) is 39.8 Å². The zero-order valence-electron chi connectivity index (χ0n) is 22.3. The third-order valence-corrected chi connectivity index (χ3v) is 6.24. The van der Waals surface area contributed by atoms with Crippen LogP contribution >= 0.6 is 0 Å². The van der Waals surface area contributed by atoms with E-state index in [1.165, 1.54) is 12.5 Å². The summed E-state index contributed by atoms with van der Waals surface area (Å²) in [5, 5.41) is 2.58. The highest BCUT2D eigenvalue weighted by Gasteiger charge is 2.48. The highest BCUT2D eigenvalue weighted by Crippen LogP contribution is 2.33. The number of hydrogen-bond donors (Lipinski definition) is 2. The number of nitrogens with one attached hydrogen (secondary N) is 1. The number of hydrogen-bond acceptors (Lipinski definition) is 9. The molecule has 3 N–H and O–H groups in total. The van der Waals surface area contributed by atoms with E-state index in [-0.39, 0.29) is 35.3 Å². The van der Waals surface area contributed by atoms with Gasteiger partial charge < -0.3 is 24.6 Å². The highest BCUT2D eigenvalue weighted by atomic mass is 19.3. The Balaban J connectivity index is 1.44. The third-order valence-electron chi connectivity index (χ3n) is 6.24. The number of carbonyl (C=O) groups is 2. The van der Waals surface area contributed by atoms with Crippen LogP contribution in [-0.2, 0) is 4.74 Å². The summed E-state index contributed by atoms with van der Waals surface area (Å²) in [4.78, 5) is 44.1. The fourth-order valence-corrected chi connectivity index (χ4v) is 4.46. The van der Waals surface area contributed by atoms with E-state index in [0.29, 0.717) is 11.2 Å². The molecule has 1 saturated heterocycles. The maximum atomic E-state index is 14.3. The standard InChI is InChI=1S/C26H28F2N8O4/c1-14-10-31-17-6-5-15(12-35(14)17)18-19(23-30-7-8-39-23)34-21(29)20(33-18)22(37)32-11-16-9-26(27,28)13-36(16)24(38)40-25(2,3)4/h5-8,10,12,16H,9,11,13H2,1-4H3,(H2,29,34)(H,32,37). The van der Waals surface area contributed by atoms with Crippen molar-refractivity contribution in [2.45, 2.75) is 51.7 Å². The quantitative estimate of drug-likeness (QED) is 0.376.